The Hall–Kier alpha value is -3.06. The molecule has 7 nitrogen and oxygen atoms in total. The summed E-state index contributed by atoms with van der Waals surface area (Å²) in [5.74, 6) is -0.955. The van der Waals surface area contributed by atoms with E-state index in [-0.39, 0.29) is 17.7 Å². The number of pyridine rings is 1. The van der Waals surface area contributed by atoms with E-state index in [9.17, 15) is 27.5 Å². The Bertz CT molecular complexity index is 1180. The van der Waals surface area contributed by atoms with Gasteiger partial charge in [-0.1, -0.05) is 18.2 Å². The number of halogens is 4. The third-order valence-corrected chi connectivity index (χ3v) is 5.98. The molecule has 1 amide bonds. The lowest BCUT2D eigenvalue weighted by Gasteiger charge is -2.15. The van der Waals surface area contributed by atoms with E-state index >= 15 is 0 Å². The highest BCUT2D eigenvalue weighted by atomic mass is 32.1. The number of amides is 1. The molecule has 2 atom stereocenters. The number of hydrogen-bond donors (Lipinski definition) is 5. The molecule has 0 aliphatic carbocycles. The van der Waals surface area contributed by atoms with Gasteiger partial charge >= 0.3 is 6.18 Å². The lowest BCUT2D eigenvalue weighted by molar-refractivity contribution is -0.201. The van der Waals surface area contributed by atoms with Crippen LogP contribution in [0, 0.1) is 5.82 Å². The molecule has 0 saturated heterocycles. The molecular formula is C23H24F4N4O3S. The van der Waals surface area contributed by atoms with Crippen LogP contribution in [0.1, 0.15) is 28.5 Å². The Balaban J connectivity index is 1.78. The summed E-state index contributed by atoms with van der Waals surface area (Å²) in [6.07, 6.45) is -7.53. The minimum absolute atomic E-state index is 0.0367. The molecule has 3 rings (SSSR count). The van der Waals surface area contributed by atoms with E-state index in [2.05, 4.69) is 15.6 Å². The van der Waals surface area contributed by atoms with Crippen LogP contribution >= 0.6 is 11.3 Å². The number of primary amides is 1. The number of aromatic nitrogens is 1. The van der Waals surface area contributed by atoms with Crippen LogP contribution in [-0.2, 0) is 13.0 Å². The van der Waals surface area contributed by atoms with Crippen molar-refractivity contribution in [1.29, 1.82) is 0 Å². The smallest absolute Gasteiger partial charge is 0.393 e. The number of alkyl halides is 3. The predicted molar refractivity (Wildman–Crippen MR) is 125 cm³/mol. The molecule has 0 radical (unpaired) electrons. The average molecular weight is 513 g/mol. The molecule has 0 bridgehead atoms. The summed E-state index contributed by atoms with van der Waals surface area (Å²) in [7, 11) is 0. The Morgan fingerprint density at radius 2 is 1.94 bits per heavy atom. The molecule has 2 heterocycles. The van der Waals surface area contributed by atoms with E-state index in [1.807, 2.05) is 0 Å². The number of nitrogens with two attached hydrogens (primary N) is 1. The molecule has 2 aromatic heterocycles. The number of rotatable bonds is 10. The zero-order chi connectivity index (χ0) is 25.8. The quantitative estimate of drug-likeness (QED) is 0.264. The molecule has 188 valence electrons. The summed E-state index contributed by atoms with van der Waals surface area (Å²) in [5, 5.41) is 24.3. The number of nitrogens with one attached hydrogen (secondary N) is 2. The first-order valence-corrected chi connectivity index (χ1v) is 11.3. The highest BCUT2D eigenvalue weighted by molar-refractivity contribution is 7.19. The fourth-order valence-electron chi connectivity index (χ4n) is 3.24. The van der Waals surface area contributed by atoms with Gasteiger partial charge in [0.25, 0.3) is 5.91 Å². The van der Waals surface area contributed by atoms with Crippen LogP contribution in [0.2, 0.25) is 0 Å². The first-order valence-electron chi connectivity index (χ1n) is 10.5. The number of thiophene rings is 1. The second-order valence-corrected chi connectivity index (χ2v) is 8.96. The molecular weight excluding hydrogens is 488 g/mol. The Labute approximate surface area is 202 Å². The van der Waals surface area contributed by atoms with Crippen molar-refractivity contribution < 1.29 is 32.6 Å². The molecule has 0 aliphatic heterocycles. The summed E-state index contributed by atoms with van der Waals surface area (Å²) < 4.78 is 52.0. The minimum atomic E-state index is -4.72. The van der Waals surface area contributed by atoms with Crippen LogP contribution < -0.4 is 16.4 Å². The monoisotopic (exact) mass is 512 g/mol. The number of hydrogen-bond acceptors (Lipinski definition) is 7. The SMILES string of the molecule is CC(O)Cc1ccc(-c2cc(C(N)=O)c(Nc3cccc(CNCC(O)C(F)(F)F)n3)s2)c(F)c1. The van der Waals surface area contributed by atoms with Gasteiger partial charge in [0.2, 0.25) is 0 Å². The molecule has 6 N–H and O–H groups in total. The highest BCUT2D eigenvalue weighted by Crippen LogP contribution is 2.38. The van der Waals surface area contributed by atoms with Crippen LogP contribution in [0.25, 0.3) is 10.4 Å². The van der Waals surface area contributed by atoms with Gasteiger partial charge in [0.15, 0.2) is 6.10 Å². The van der Waals surface area contributed by atoms with Gasteiger partial charge in [0.05, 0.1) is 17.4 Å². The van der Waals surface area contributed by atoms with Gasteiger partial charge in [0, 0.05) is 23.5 Å². The van der Waals surface area contributed by atoms with Crippen molar-refractivity contribution in [2.24, 2.45) is 5.73 Å². The van der Waals surface area contributed by atoms with Crippen molar-refractivity contribution in [2.75, 3.05) is 11.9 Å². The highest BCUT2D eigenvalue weighted by Gasteiger charge is 2.37. The number of carbonyl (C=O) groups excluding carboxylic acids is 1. The number of benzene rings is 1. The summed E-state index contributed by atoms with van der Waals surface area (Å²) in [4.78, 5) is 16.7. The maximum absolute atomic E-state index is 14.7. The van der Waals surface area contributed by atoms with Gasteiger partial charge in [-0.15, -0.1) is 11.3 Å². The van der Waals surface area contributed by atoms with E-state index in [0.29, 0.717) is 33.4 Å². The second kappa shape index (κ2) is 11.1. The van der Waals surface area contributed by atoms with E-state index in [4.69, 9.17) is 10.8 Å². The van der Waals surface area contributed by atoms with E-state index < -0.39 is 36.7 Å². The fraction of sp³-hybridized carbons (Fsp3) is 0.304. The normalized spacial score (nSPS) is 13.5. The second-order valence-electron chi connectivity index (χ2n) is 7.91. The van der Waals surface area contributed by atoms with Crippen molar-refractivity contribution >= 4 is 28.1 Å². The van der Waals surface area contributed by atoms with E-state index in [1.165, 1.54) is 12.1 Å². The van der Waals surface area contributed by atoms with Crippen LogP contribution in [-0.4, -0.2) is 46.0 Å². The summed E-state index contributed by atoms with van der Waals surface area (Å²) in [6, 6.07) is 10.8. The van der Waals surface area contributed by atoms with Crippen LogP contribution in [0.4, 0.5) is 28.4 Å². The fourth-order valence-corrected chi connectivity index (χ4v) is 4.34. The molecule has 0 fully saturated rings. The van der Waals surface area contributed by atoms with Crippen molar-refractivity contribution in [3.05, 3.63) is 65.1 Å². The van der Waals surface area contributed by atoms with Gasteiger partial charge in [-0.05, 0) is 43.2 Å². The van der Waals surface area contributed by atoms with Gasteiger partial charge in [-0.2, -0.15) is 13.2 Å². The third-order valence-electron chi connectivity index (χ3n) is 4.90. The number of carbonyl (C=O) groups is 1. The summed E-state index contributed by atoms with van der Waals surface area (Å²) in [6.45, 7) is 0.878. The average Bonchev–Trinajstić information content (AvgIpc) is 3.16. The predicted octanol–water partition coefficient (Wildman–Crippen LogP) is 3.73. The standard InChI is InChI=1S/C23H24F4N4O3S/c1-12(32)7-13-5-6-15(17(24)8-13)18-9-16(21(28)34)22(35-18)31-20-4-2-3-14(30-20)10-29-11-19(33)23(25,26)27/h2-6,8-9,12,19,29,32-33H,7,10-11H2,1H3,(H2,28,34)(H,30,31). The van der Waals surface area contributed by atoms with Crippen molar-refractivity contribution in [1.82, 2.24) is 10.3 Å². The molecule has 12 heteroatoms. The largest absolute Gasteiger partial charge is 0.415 e. The van der Waals surface area contributed by atoms with Gasteiger partial charge < -0.3 is 26.6 Å². The first-order chi connectivity index (χ1) is 16.4. The molecule has 35 heavy (non-hydrogen) atoms. The lowest BCUT2D eigenvalue weighted by Crippen LogP contribution is -2.38. The molecule has 3 aromatic rings. The topological polar surface area (TPSA) is 120 Å². The van der Waals surface area contributed by atoms with Crippen molar-refractivity contribution in [3.8, 4) is 10.4 Å². The summed E-state index contributed by atoms with van der Waals surface area (Å²) >= 11 is 1.09. The number of aliphatic hydroxyl groups is 2. The first kappa shape index (κ1) is 26.5. The minimum Gasteiger partial charge on any atom is -0.393 e. The van der Waals surface area contributed by atoms with Crippen LogP contribution in [0.15, 0.2) is 42.5 Å². The van der Waals surface area contributed by atoms with Crippen LogP contribution in [0.3, 0.4) is 0 Å². The van der Waals surface area contributed by atoms with E-state index in [1.54, 1.807) is 37.3 Å². The molecule has 0 saturated carbocycles. The molecule has 1 aromatic carbocycles. The van der Waals surface area contributed by atoms with Gasteiger partial charge in [0.1, 0.15) is 16.6 Å². The van der Waals surface area contributed by atoms with Gasteiger partial charge in [-0.25, -0.2) is 9.37 Å². The van der Waals surface area contributed by atoms with E-state index in [0.717, 1.165) is 11.3 Å². The Kier molecular flexibility index (Phi) is 8.43. The third kappa shape index (κ3) is 7.21. The summed E-state index contributed by atoms with van der Waals surface area (Å²) in [5.41, 5.74) is 6.89. The van der Waals surface area contributed by atoms with Crippen molar-refractivity contribution in [3.63, 3.8) is 0 Å². The molecule has 0 spiro atoms. The molecule has 0 aliphatic rings. The maximum Gasteiger partial charge on any atom is 0.415 e. The van der Waals surface area contributed by atoms with Crippen LogP contribution in [0.5, 0.6) is 0 Å². The number of anilines is 2. The molecule has 2 unspecified atom stereocenters. The Morgan fingerprint density at radius 3 is 2.57 bits per heavy atom. The zero-order valence-electron chi connectivity index (χ0n) is 18.6. The lowest BCUT2D eigenvalue weighted by atomic mass is 10.0. The zero-order valence-corrected chi connectivity index (χ0v) is 19.4. The Morgan fingerprint density at radius 1 is 1.20 bits per heavy atom. The van der Waals surface area contributed by atoms with Crippen molar-refractivity contribution in [2.45, 2.75) is 38.3 Å². The maximum atomic E-state index is 14.7. The number of aliphatic hydroxyl groups excluding tert-OH is 2. The van der Waals surface area contributed by atoms with Gasteiger partial charge in [-0.3, -0.25) is 4.79 Å². The number of nitrogens with zero attached hydrogens (tertiary/aromatic N) is 1.